The lowest BCUT2D eigenvalue weighted by molar-refractivity contribution is -0.128. The van der Waals surface area contributed by atoms with Gasteiger partial charge in [-0.2, -0.15) is 0 Å². The number of carbonyl (C=O) groups excluding carboxylic acids is 1. The highest BCUT2D eigenvalue weighted by molar-refractivity contribution is 5.81. The maximum atomic E-state index is 12.3. The summed E-state index contributed by atoms with van der Waals surface area (Å²) in [4.78, 5) is 14.7. The van der Waals surface area contributed by atoms with Gasteiger partial charge in [0.25, 0.3) is 5.91 Å². The molecule has 0 aromatic heterocycles. The van der Waals surface area contributed by atoms with Crippen molar-refractivity contribution in [2.24, 2.45) is 5.92 Å². The number of hydrogen-bond acceptors (Lipinski definition) is 3. The van der Waals surface area contributed by atoms with Crippen LogP contribution < -0.4 is 10.1 Å². The van der Waals surface area contributed by atoms with Gasteiger partial charge < -0.3 is 15.0 Å². The summed E-state index contributed by atoms with van der Waals surface area (Å²) in [6, 6.07) is 7.84. The van der Waals surface area contributed by atoms with Crippen LogP contribution >= 0.6 is 0 Å². The first-order chi connectivity index (χ1) is 11.1. The van der Waals surface area contributed by atoms with Crippen LogP contribution in [0.4, 0.5) is 0 Å². The van der Waals surface area contributed by atoms with E-state index in [2.05, 4.69) is 17.3 Å². The van der Waals surface area contributed by atoms with E-state index in [9.17, 15) is 4.79 Å². The van der Waals surface area contributed by atoms with Gasteiger partial charge in [-0.15, -0.1) is 0 Å². The summed E-state index contributed by atoms with van der Waals surface area (Å²) >= 11 is 0. The molecule has 1 N–H and O–H groups in total. The molecule has 1 amide bonds. The molecule has 1 heterocycles. The molecular formula is C19H30N2O2. The van der Waals surface area contributed by atoms with E-state index in [1.165, 1.54) is 31.5 Å². The van der Waals surface area contributed by atoms with Gasteiger partial charge in [-0.25, -0.2) is 0 Å². The predicted molar refractivity (Wildman–Crippen MR) is 93.7 cm³/mol. The van der Waals surface area contributed by atoms with Crippen molar-refractivity contribution in [3.63, 3.8) is 0 Å². The molecular weight excluding hydrogens is 288 g/mol. The topological polar surface area (TPSA) is 41.6 Å². The molecule has 128 valence electrons. The first-order valence-electron chi connectivity index (χ1n) is 8.78. The average molecular weight is 318 g/mol. The smallest absolute Gasteiger partial charge is 0.261 e. The van der Waals surface area contributed by atoms with Crippen molar-refractivity contribution >= 4 is 5.91 Å². The van der Waals surface area contributed by atoms with Crippen molar-refractivity contribution in [3.8, 4) is 5.75 Å². The standard InChI is InChI=1S/C19H30N2O2/c1-4-18(23-17-7-5-15(2)6-8-17)19(22)20-12-9-16-10-13-21(3)14-11-16/h5-8,16,18H,4,9-14H2,1-3H3,(H,20,22). The van der Waals surface area contributed by atoms with Crippen LogP contribution in [0, 0.1) is 12.8 Å². The van der Waals surface area contributed by atoms with Crippen molar-refractivity contribution < 1.29 is 9.53 Å². The maximum Gasteiger partial charge on any atom is 0.261 e. The van der Waals surface area contributed by atoms with Gasteiger partial charge in [0.15, 0.2) is 6.10 Å². The second-order valence-electron chi connectivity index (χ2n) is 6.65. The number of rotatable bonds is 7. The number of likely N-dealkylation sites (tertiary alicyclic amines) is 1. The van der Waals surface area contributed by atoms with E-state index in [4.69, 9.17) is 4.74 Å². The zero-order valence-electron chi connectivity index (χ0n) is 14.7. The Morgan fingerprint density at radius 3 is 2.57 bits per heavy atom. The Balaban J connectivity index is 1.73. The molecule has 1 fully saturated rings. The van der Waals surface area contributed by atoms with Crippen LogP contribution in [0.25, 0.3) is 0 Å². The lowest BCUT2D eigenvalue weighted by atomic mass is 9.94. The van der Waals surface area contributed by atoms with Crippen LogP contribution in [0.3, 0.4) is 0 Å². The molecule has 4 heteroatoms. The van der Waals surface area contributed by atoms with Crippen molar-refractivity contribution in [1.29, 1.82) is 0 Å². The normalized spacial score (nSPS) is 17.7. The fourth-order valence-electron chi connectivity index (χ4n) is 2.97. The van der Waals surface area contributed by atoms with Gasteiger partial charge in [-0.3, -0.25) is 4.79 Å². The third-order valence-electron chi connectivity index (χ3n) is 4.65. The lowest BCUT2D eigenvalue weighted by Crippen LogP contribution is -2.39. The minimum atomic E-state index is -0.407. The van der Waals surface area contributed by atoms with Crippen LogP contribution in [0.15, 0.2) is 24.3 Å². The molecule has 1 unspecified atom stereocenters. The van der Waals surface area contributed by atoms with Crippen molar-refractivity contribution in [2.45, 2.75) is 45.6 Å². The number of nitrogens with zero attached hydrogens (tertiary/aromatic N) is 1. The Labute approximate surface area is 140 Å². The summed E-state index contributed by atoms with van der Waals surface area (Å²) in [7, 11) is 2.17. The predicted octanol–water partition coefficient (Wildman–Crippen LogP) is 3.00. The SMILES string of the molecule is CCC(Oc1ccc(C)cc1)C(=O)NCCC1CCN(C)CC1. The molecule has 0 spiro atoms. The summed E-state index contributed by atoms with van der Waals surface area (Å²) in [5.41, 5.74) is 1.19. The first kappa shape index (κ1) is 17.8. The lowest BCUT2D eigenvalue weighted by Gasteiger charge is -2.29. The third kappa shape index (κ3) is 5.87. The maximum absolute atomic E-state index is 12.3. The second kappa shape index (κ2) is 8.92. The van der Waals surface area contributed by atoms with Gasteiger partial charge in [-0.05, 0) is 70.8 Å². The molecule has 1 saturated heterocycles. The molecule has 0 bridgehead atoms. The van der Waals surface area contributed by atoms with E-state index in [1.807, 2.05) is 38.1 Å². The molecule has 0 radical (unpaired) electrons. The van der Waals surface area contributed by atoms with Crippen LogP contribution in [0.2, 0.25) is 0 Å². The summed E-state index contributed by atoms with van der Waals surface area (Å²) in [6.45, 7) is 7.12. The van der Waals surface area contributed by atoms with E-state index in [1.54, 1.807) is 0 Å². The van der Waals surface area contributed by atoms with Crippen LogP contribution in [0.5, 0.6) is 5.75 Å². The number of nitrogens with one attached hydrogen (secondary N) is 1. The van der Waals surface area contributed by atoms with Gasteiger partial charge in [-0.1, -0.05) is 24.6 Å². The van der Waals surface area contributed by atoms with Crippen LogP contribution in [-0.2, 0) is 4.79 Å². The first-order valence-corrected chi connectivity index (χ1v) is 8.78. The Morgan fingerprint density at radius 1 is 1.30 bits per heavy atom. The molecule has 1 aliphatic rings. The van der Waals surface area contributed by atoms with Crippen molar-refractivity contribution in [2.75, 3.05) is 26.7 Å². The average Bonchev–Trinajstić information content (AvgIpc) is 2.56. The number of hydrogen-bond donors (Lipinski definition) is 1. The van der Waals surface area contributed by atoms with Gasteiger partial charge in [0.1, 0.15) is 5.75 Å². The number of ether oxygens (including phenoxy) is 1. The molecule has 1 aliphatic heterocycles. The van der Waals surface area contributed by atoms with Crippen LogP contribution in [0.1, 0.15) is 38.2 Å². The Hall–Kier alpha value is -1.55. The highest BCUT2D eigenvalue weighted by atomic mass is 16.5. The summed E-state index contributed by atoms with van der Waals surface area (Å²) < 4.78 is 5.82. The zero-order chi connectivity index (χ0) is 16.7. The monoisotopic (exact) mass is 318 g/mol. The number of aryl methyl sites for hydroxylation is 1. The number of piperidine rings is 1. The van der Waals surface area contributed by atoms with E-state index in [0.29, 0.717) is 6.42 Å². The quantitative estimate of drug-likeness (QED) is 0.840. The van der Waals surface area contributed by atoms with Crippen molar-refractivity contribution in [3.05, 3.63) is 29.8 Å². The largest absolute Gasteiger partial charge is 0.481 e. The molecule has 4 nitrogen and oxygen atoms in total. The van der Waals surface area contributed by atoms with Gasteiger partial charge >= 0.3 is 0 Å². The zero-order valence-corrected chi connectivity index (χ0v) is 14.7. The van der Waals surface area contributed by atoms with E-state index >= 15 is 0 Å². The van der Waals surface area contributed by atoms with Crippen molar-refractivity contribution in [1.82, 2.24) is 10.2 Å². The summed E-state index contributed by atoms with van der Waals surface area (Å²) in [6.07, 6.45) is 3.82. The Bertz CT molecular complexity index is 479. The molecule has 1 atom stereocenters. The minimum Gasteiger partial charge on any atom is -0.481 e. The molecule has 2 rings (SSSR count). The number of amides is 1. The van der Waals surface area contributed by atoms with Gasteiger partial charge in [0.2, 0.25) is 0 Å². The second-order valence-corrected chi connectivity index (χ2v) is 6.65. The fraction of sp³-hybridized carbons (Fsp3) is 0.632. The van der Waals surface area contributed by atoms with Crippen LogP contribution in [-0.4, -0.2) is 43.6 Å². The molecule has 1 aromatic rings. The molecule has 1 aromatic carbocycles. The van der Waals surface area contributed by atoms with Gasteiger partial charge in [0, 0.05) is 6.54 Å². The highest BCUT2D eigenvalue weighted by Gasteiger charge is 2.20. The minimum absolute atomic E-state index is 0.000928. The van der Waals surface area contributed by atoms with E-state index in [0.717, 1.165) is 24.6 Å². The molecule has 0 aliphatic carbocycles. The fourth-order valence-corrected chi connectivity index (χ4v) is 2.97. The molecule has 23 heavy (non-hydrogen) atoms. The highest BCUT2D eigenvalue weighted by Crippen LogP contribution is 2.19. The summed E-state index contributed by atoms with van der Waals surface area (Å²) in [5.74, 6) is 1.50. The number of carbonyl (C=O) groups is 1. The molecule has 0 saturated carbocycles. The van der Waals surface area contributed by atoms with Gasteiger partial charge in [0.05, 0.1) is 0 Å². The Kier molecular flexibility index (Phi) is 6.90. The number of benzene rings is 1. The van der Waals surface area contributed by atoms with E-state index < -0.39 is 6.10 Å². The van der Waals surface area contributed by atoms with E-state index in [-0.39, 0.29) is 5.91 Å². The third-order valence-corrected chi connectivity index (χ3v) is 4.65. The Morgan fingerprint density at radius 2 is 1.96 bits per heavy atom. The summed E-state index contributed by atoms with van der Waals surface area (Å²) in [5, 5.41) is 3.05.